The predicted molar refractivity (Wildman–Crippen MR) is 103 cm³/mol. The fourth-order valence-corrected chi connectivity index (χ4v) is 3.14. The zero-order valence-electron chi connectivity index (χ0n) is 15.1. The summed E-state index contributed by atoms with van der Waals surface area (Å²) >= 11 is 0. The minimum absolute atomic E-state index is 0.0736. The van der Waals surface area contributed by atoms with E-state index in [4.69, 9.17) is 0 Å². The van der Waals surface area contributed by atoms with Crippen LogP contribution in [-0.2, 0) is 4.79 Å². The van der Waals surface area contributed by atoms with Gasteiger partial charge >= 0.3 is 0 Å². The van der Waals surface area contributed by atoms with E-state index < -0.39 is 0 Å². The summed E-state index contributed by atoms with van der Waals surface area (Å²) in [4.78, 5) is 16.6. The highest BCUT2D eigenvalue weighted by molar-refractivity contribution is 6.06. The van der Waals surface area contributed by atoms with E-state index in [1.165, 1.54) is 31.9 Å². The number of hydrogen-bond donors (Lipinski definition) is 2. The van der Waals surface area contributed by atoms with Gasteiger partial charge in [-0.25, -0.2) is 4.39 Å². The Morgan fingerprint density at radius 3 is 2.70 bits per heavy atom. The SMILES string of the molecule is CC(=O)C1=C(c2ccc(F)cc2)NN(CC2CC2)C=C1Nc1cccnc1. The number of pyridine rings is 1. The lowest BCUT2D eigenvalue weighted by molar-refractivity contribution is -0.113. The fourth-order valence-electron chi connectivity index (χ4n) is 3.14. The van der Waals surface area contributed by atoms with E-state index in [1.54, 1.807) is 24.5 Å². The summed E-state index contributed by atoms with van der Waals surface area (Å²) in [5.41, 5.74) is 6.83. The number of aromatic nitrogens is 1. The van der Waals surface area contributed by atoms with E-state index in [2.05, 4.69) is 15.7 Å². The van der Waals surface area contributed by atoms with Gasteiger partial charge in [-0.15, -0.1) is 0 Å². The van der Waals surface area contributed by atoms with E-state index in [0.717, 1.165) is 17.8 Å². The maximum Gasteiger partial charge on any atom is 0.164 e. The lowest BCUT2D eigenvalue weighted by Crippen LogP contribution is -2.39. The highest BCUT2D eigenvalue weighted by atomic mass is 19.1. The van der Waals surface area contributed by atoms with E-state index in [0.29, 0.717) is 22.9 Å². The van der Waals surface area contributed by atoms with Crippen molar-refractivity contribution in [3.63, 3.8) is 0 Å². The summed E-state index contributed by atoms with van der Waals surface area (Å²) in [5.74, 6) is 0.274. The maximum atomic E-state index is 13.4. The van der Waals surface area contributed by atoms with Gasteiger partial charge in [0, 0.05) is 24.5 Å². The van der Waals surface area contributed by atoms with Crippen molar-refractivity contribution in [1.82, 2.24) is 15.4 Å². The van der Waals surface area contributed by atoms with E-state index >= 15 is 0 Å². The molecule has 2 aromatic rings. The van der Waals surface area contributed by atoms with E-state index in [-0.39, 0.29) is 11.6 Å². The molecule has 27 heavy (non-hydrogen) atoms. The third-order valence-electron chi connectivity index (χ3n) is 4.64. The summed E-state index contributed by atoms with van der Waals surface area (Å²) in [6, 6.07) is 9.91. The molecule has 1 aliphatic heterocycles. The van der Waals surface area contributed by atoms with Crippen LogP contribution in [0.5, 0.6) is 0 Å². The molecule has 138 valence electrons. The summed E-state index contributed by atoms with van der Waals surface area (Å²) in [6.07, 6.45) is 7.77. The van der Waals surface area contributed by atoms with Crippen molar-refractivity contribution >= 4 is 17.2 Å². The molecule has 2 N–H and O–H groups in total. The topological polar surface area (TPSA) is 57.3 Å². The second kappa shape index (κ2) is 7.23. The van der Waals surface area contributed by atoms with Crippen LogP contribution in [0, 0.1) is 11.7 Å². The Kier molecular flexibility index (Phi) is 4.62. The minimum Gasteiger partial charge on any atom is -0.352 e. The molecule has 0 bridgehead atoms. The first-order valence-electron chi connectivity index (χ1n) is 9.04. The Labute approximate surface area is 157 Å². The predicted octanol–water partition coefficient (Wildman–Crippen LogP) is 3.70. The molecule has 0 spiro atoms. The van der Waals surface area contributed by atoms with Gasteiger partial charge in [0.1, 0.15) is 5.82 Å². The molecule has 1 aromatic heterocycles. The largest absolute Gasteiger partial charge is 0.352 e. The molecular weight excluding hydrogens is 343 g/mol. The van der Waals surface area contributed by atoms with Crippen molar-refractivity contribution in [2.45, 2.75) is 19.8 Å². The number of anilines is 1. The lowest BCUT2D eigenvalue weighted by atomic mass is 9.99. The molecule has 2 aliphatic rings. The number of nitrogens with one attached hydrogen (secondary N) is 2. The number of benzene rings is 1. The number of ketones is 1. The van der Waals surface area contributed by atoms with Crippen LogP contribution >= 0.6 is 0 Å². The molecule has 1 aromatic carbocycles. The van der Waals surface area contributed by atoms with Crippen molar-refractivity contribution in [2.75, 3.05) is 11.9 Å². The summed E-state index contributed by atoms with van der Waals surface area (Å²) in [5, 5.41) is 5.31. The monoisotopic (exact) mass is 364 g/mol. The summed E-state index contributed by atoms with van der Waals surface area (Å²) in [6.45, 7) is 2.39. The molecule has 1 saturated carbocycles. The molecule has 6 heteroatoms. The lowest BCUT2D eigenvalue weighted by Gasteiger charge is -2.32. The molecular formula is C21H21FN4O. The van der Waals surface area contributed by atoms with Gasteiger partial charge in [-0.2, -0.15) is 0 Å². The Hall–Kier alpha value is -3.15. The average molecular weight is 364 g/mol. The van der Waals surface area contributed by atoms with Crippen molar-refractivity contribution in [2.24, 2.45) is 5.92 Å². The normalized spacial score (nSPS) is 16.7. The molecule has 0 amide bonds. The minimum atomic E-state index is -0.307. The highest BCUT2D eigenvalue weighted by Gasteiger charge is 2.29. The first kappa shape index (κ1) is 17.3. The van der Waals surface area contributed by atoms with Crippen LogP contribution in [0.15, 0.2) is 66.3 Å². The van der Waals surface area contributed by atoms with Crippen molar-refractivity contribution < 1.29 is 9.18 Å². The maximum absolute atomic E-state index is 13.4. The number of halogens is 1. The highest BCUT2D eigenvalue weighted by Crippen LogP contribution is 2.33. The summed E-state index contributed by atoms with van der Waals surface area (Å²) < 4.78 is 13.4. The quantitative estimate of drug-likeness (QED) is 0.818. The van der Waals surface area contributed by atoms with Gasteiger partial charge in [0.2, 0.25) is 0 Å². The van der Waals surface area contributed by atoms with Crippen LogP contribution in [0.1, 0.15) is 25.3 Å². The zero-order valence-corrected chi connectivity index (χ0v) is 15.1. The smallest absolute Gasteiger partial charge is 0.164 e. The fraction of sp³-hybridized carbons (Fsp3) is 0.238. The van der Waals surface area contributed by atoms with Gasteiger partial charge in [0.15, 0.2) is 5.78 Å². The third kappa shape index (κ3) is 4.00. The molecule has 1 fully saturated rings. The molecule has 4 rings (SSSR count). The number of allylic oxidation sites excluding steroid dienone is 1. The summed E-state index contributed by atoms with van der Waals surface area (Å²) in [7, 11) is 0. The third-order valence-corrected chi connectivity index (χ3v) is 4.64. The number of hydrogen-bond acceptors (Lipinski definition) is 5. The molecule has 0 unspecified atom stereocenters. The van der Waals surface area contributed by atoms with Crippen LogP contribution in [0.3, 0.4) is 0 Å². The van der Waals surface area contributed by atoms with Gasteiger partial charge in [-0.1, -0.05) is 0 Å². The Morgan fingerprint density at radius 1 is 1.30 bits per heavy atom. The first-order valence-corrected chi connectivity index (χ1v) is 9.04. The van der Waals surface area contributed by atoms with Crippen molar-refractivity contribution in [3.05, 3.63) is 77.6 Å². The standard InChI is InChI=1S/C21H21FN4O/c1-14(27)20-19(24-18-3-2-10-23-11-18)13-26(12-15-4-5-15)25-21(20)16-6-8-17(22)9-7-16/h2-3,6-11,13,15,24-25H,4-5,12H2,1H3. The second-order valence-corrected chi connectivity index (χ2v) is 6.93. The molecule has 0 radical (unpaired) electrons. The molecule has 0 saturated heterocycles. The number of Topliss-reactive ketones (excluding diaryl/α,β-unsaturated/α-hetero) is 1. The van der Waals surface area contributed by atoms with E-state index in [9.17, 15) is 9.18 Å². The van der Waals surface area contributed by atoms with Crippen LogP contribution < -0.4 is 10.7 Å². The number of nitrogens with zero attached hydrogens (tertiary/aromatic N) is 2. The number of hydrazine groups is 1. The van der Waals surface area contributed by atoms with Crippen LogP contribution in [0.4, 0.5) is 10.1 Å². The number of carbonyl (C=O) groups is 1. The molecule has 2 heterocycles. The van der Waals surface area contributed by atoms with Crippen molar-refractivity contribution in [3.8, 4) is 0 Å². The average Bonchev–Trinajstić information content (AvgIpc) is 3.46. The van der Waals surface area contributed by atoms with Gasteiger partial charge in [0.05, 0.1) is 28.9 Å². The van der Waals surface area contributed by atoms with Gasteiger partial charge in [-0.3, -0.25) is 20.2 Å². The van der Waals surface area contributed by atoms with Gasteiger partial charge in [-0.05, 0) is 62.1 Å². The Bertz CT molecular complexity index is 902. The van der Waals surface area contributed by atoms with Crippen LogP contribution in [-0.4, -0.2) is 22.3 Å². The van der Waals surface area contributed by atoms with Gasteiger partial charge in [0.25, 0.3) is 0 Å². The van der Waals surface area contributed by atoms with Gasteiger partial charge < -0.3 is 5.32 Å². The van der Waals surface area contributed by atoms with Crippen molar-refractivity contribution in [1.29, 1.82) is 0 Å². The molecule has 1 aliphatic carbocycles. The first-order chi connectivity index (χ1) is 13.1. The second-order valence-electron chi connectivity index (χ2n) is 6.93. The zero-order chi connectivity index (χ0) is 18.8. The van der Waals surface area contributed by atoms with Crippen LogP contribution in [0.25, 0.3) is 5.70 Å². The molecule has 0 atom stereocenters. The van der Waals surface area contributed by atoms with Crippen LogP contribution in [0.2, 0.25) is 0 Å². The Balaban J connectivity index is 1.75. The molecule has 5 nitrogen and oxygen atoms in total. The Morgan fingerprint density at radius 2 is 2.07 bits per heavy atom. The number of carbonyl (C=O) groups excluding carboxylic acids is 1. The number of rotatable bonds is 6. The van der Waals surface area contributed by atoms with E-state index in [1.807, 2.05) is 23.3 Å².